The molecule has 2 aliphatic rings. The summed E-state index contributed by atoms with van der Waals surface area (Å²) in [4.78, 5) is 23.8. The fourth-order valence-electron chi connectivity index (χ4n) is 13.5. The number of aliphatic hydroxyl groups excluding tert-OH is 3. The van der Waals surface area contributed by atoms with Gasteiger partial charge in [0.05, 0.1) is 59.9 Å². The molecule has 0 bridgehead atoms. The molecule has 3 unspecified atom stereocenters. The fourth-order valence-corrected chi connectivity index (χ4v) is 13.5. The van der Waals surface area contributed by atoms with E-state index in [2.05, 4.69) is 13.0 Å². The molecule has 14 aromatic carbocycles. The summed E-state index contributed by atoms with van der Waals surface area (Å²) in [5.74, 6) is 8.26. The average Bonchev–Trinajstić information content (AvgIpc) is 1.62. The molecule has 0 saturated heterocycles. The summed E-state index contributed by atoms with van der Waals surface area (Å²) < 4.78 is 64.8. The minimum atomic E-state index is -0.897. The molecule has 10 N–H and O–H groups in total. The van der Waals surface area contributed by atoms with Crippen molar-refractivity contribution in [3.63, 3.8) is 0 Å². The molecule has 2 saturated carbocycles. The van der Waals surface area contributed by atoms with Gasteiger partial charge in [0.25, 0.3) is 0 Å². The third kappa shape index (κ3) is 30.3. The second kappa shape index (κ2) is 51.0. The van der Waals surface area contributed by atoms with Gasteiger partial charge in [0.2, 0.25) is 11.6 Å². The van der Waals surface area contributed by atoms with E-state index in [4.69, 9.17) is 56.8 Å². The Morgan fingerprint density at radius 1 is 0.263 bits per heavy atom. The fraction of sp³-hybridized carbons (Fsp3) is 0.211. The van der Waals surface area contributed by atoms with Crippen LogP contribution in [0.3, 0.4) is 0 Å². The molecule has 0 aliphatic heterocycles. The largest absolute Gasteiger partial charge is 0.508 e. The number of hydrogen-bond acceptors (Lipinski definition) is 24. The second-order valence-corrected chi connectivity index (χ2v) is 30.7. The highest BCUT2D eigenvalue weighted by molar-refractivity contribution is 6.00. The Labute approximate surface area is 774 Å². The minimum Gasteiger partial charge on any atom is -0.508 e. The van der Waals surface area contributed by atoms with Crippen LogP contribution in [-0.2, 0) is 10.8 Å². The normalized spacial score (nSPS) is 12.5. The zero-order valence-electron chi connectivity index (χ0n) is 75.0. The lowest BCUT2D eigenvalue weighted by atomic mass is 9.96. The number of ether oxygens (including phenoxy) is 12. The smallest absolute Gasteiger partial charge is 0.203 e. The highest BCUT2D eigenvalue weighted by atomic mass is 16.5. The number of phenolic OH excluding ortho intramolecular Hbond substituents is 7. The number of methoxy groups -OCH3 is 5. The SMILES string of the molecule is COc1cccc(OCC(=O)c2ccccc2O)c1.COc1cccc(OCC(O)c2ccccc2O)c1.COc1cccc(OCC2(c3ccccc3O)CC2)c1.COc1ccccc1OCC(=O)c1ccccc1O.COc1ccccc1OCC(O)c1ccccc1O.Cc1ccccc1OCC(O)c1ccccc1O.Cc1ccccc1OCC1(c2ccccc2O)CC1. The van der Waals surface area contributed by atoms with E-state index >= 15 is 0 Å². The molecule has 14 aromatic rings. The third-order valence-corrected chi connectivity index (χ3v) is 21.4. The third-order valence-electron chi connectivity index (χ3n) is 21.4. The summed E-state index contributed by atoms with van der Waals surface area (Å²) in [5.41, 5.74) is 6.02. The van der Waals surface area contributed by atoms with E-state index in [0.717, 1.165) is 70.9 Å². The van der Waals surface area contributed by atoms with E-state index in [-0.39, 0.29) is 95.3 Å². The van der Waals surface area contributed by atoms with Crippen LogP contribution in [0.5, 0.6) is 109 Å². The zero-order valence-corrected chi connectivity index (χ0v) is 75.0. The number of carbonyl (C=O) groups is 2. The Hall–Kier alpha value is -15.5. The van der Waals surface area contributed by atoms with Gasteiger partial charge in [-0.1, -0.05) is 194 Å². The van der Waals surface area contributed by atoms with E-state index in [9.17, 15) is 60.7 Å². The number of aliphatic hydroxyl groups is 3. The van der Waals surface area contributed by atoms with Crippen molar-refractivity contribution in [1.82, 2.24) is 0 Å². The highest BCUT2D eigenvalue weighted by Crippen LogP contribution is 2.53. The number of aromatic hydroxyl groups is 7. The Balaban J connectivity index is 0.000000161. The van der Waals surface area contributed by atoms with Crippen LogP contribution < -0.4 is 56.8 Å². The van der Waals surface area contributed by atoms with Crippen LogP contribution in [-0.4, -0.2) is 144 Å². The number of benzene rings is 14. The van der Waals surface area contributed by atoms with Gasteiger partial charge in [-0.2, -0.15) is 0 Å². The Morgan fingerprint density at radius 2 is 0.541 bits per heavy atom. The number of hydrogen-bond donors (Lipinski definition) is 10. The van der Waals surface area contributed by atoms with Crippen molar-refractivity contribution in [2.45, 2.75) is 68.7 Å². The van der Waals surface area contributed by atoms with E-state index in [1.807, 2.05) is 134 Å². The molecular weight excluding hydrogens is 1690 g/mol. The van der Waals surface area contributed by atoms with Gasteiger partial charge in [0, 0.05) is 56.8 Å². The predicted molar refractivity (Wildman–Crippen MR) is 508 cm³/mol. The van der Waals surface area contributed by atoms with Gasteiger partial charge in [0.15, 0.2) is 36.2 Å². The van der Waals surface area contributed by atoms with Gasteiger partial charge >= 0.3 is 0 Å². The van der Waals surface area contributed by atoms with E-state index in [0.29, 0.717) is 87.4 Å². The molecule has 2 aliphatic carbocycles. The molecule has 2 fully saturated rings. The first-order chi connectivity index (χ1) is 64.5. The molecule has 692 valence electrons. The molecule has 0 amide bonds. The van der Waals surface area contributed by atoms with Crippen molar-refractivity contribution in [1.29, 1.82) is 0 Å². The van der Waals surface area contributed by atoms with E-state index in [1.165, 1.54) is 31.4 Å². The van der Waals surface area contributed by atoms with Gasteiger partial charge in [-0.3, -0.25) is 9.59 Å². The maximum atomic E-state index is 11.9. The van der Waals surface area contributed by atoms with Gasteiger partial charge in [-0.05, 0) is 178 Å². The molecule has 16 rings (SSSR count). The molecule has 0 spiro atoms. The van der Waals surface area contributed by atoms with Crippen molar-refractivity contribution in [3.8, 4) is 109 Å². The van der Waals surface area contributed by atoms with Crippen molar-refractivity contribution in [3.05, 3.63) is 390 Å². The molecule has 24 nitrogen and oxygen atoms in total. The molecule has 0 heterocycles. The first kappa shape index (κ1) is 99.7. The number of rotatable bonds is 33. The first-order valence-corrected chi connectivity index (χ1v) is 42.7. The van der Waals surface area contributed by atoms with Gasteiger partial charge in [0.1, 0.15) is 124 Å². The van der Waals surface area contributed by atoms with Gasteiger partial charge in [-0.25, -0.2) is 0 Å². The highest BCUT2D eigenvalue weighted by Gasteiger charge is 2.48. The Morgan fingerprint density at radius 3 is 0.902 bits per heavy atom. The molecular formula is C109H112O24. The maximum absolute atomic E-state index is 11.9. The molecule has 133 heavy (non-hydrogen) atoms. The van der Waals surface area contributed by atoms with Crippen LogP contribution in [0.1, 0.15) is 104 Å². The van der Waals surface area contributed by atoms with E-state index in [1.54, 1.807) is 210 Å². The summed E-state index contributed by atoms with van der Waals surface area (Å²) in [7, 11) is 7.88. The summed E-state index contributed by atoms with van der Waals surface area (Å²) in [5, 5.41) is 97.9. The predicted octanol–water partition coefficient (Wildman–Crippen LogP) is 20.5. The van der Waals surface area contributed by atoms with Crippen LogP contribution in [0.2, 0.25) is 0 Å². The van der Waals surface area contributed by atoms with Crippen molar-refractivity contribution in [2.24, 2.45) is 0 Å². The van der Waals surface area contributed by atoms with Crippen LogP contribution in [0, 0.1) is 13.8 Å². The zero-order chi connectivity index (χ0) is 94.9. The van der Waals surface area contributed by atoms with Crippen molar-refractivity contribution < 1.29 is 117 Å². The molecule has 3 atom stereocenters. The number of ketones is 2. The summed E-state index contributed by atoms with van der Waals surface area (Å²) >= 11 is 0. The number of phenols is 7. The monoisotopic (exact) mass is 1800 g/mol. The Kier molecular flexibility index (Phi) is 38.2. The van der Waals surface area contributed by atoms with Crippen molar-refractivity contribution in [2.75, 3.05) is 81.8 Å². The maximum Gasteiger partial charge on any atom is 0.203 e. The lowest BCUT2D eigenvalue weighted by Crippen LogP contribution is -2.18. The van der Waals surface area contributed by atoms with E-state index < -0.39 is 18.3 Å². The van der Waals surface area contributed by atoms with Crippen LogP contribution in [0.4, 0.5) is 0 Å². The topological polar surface area (TPSA) is 347 Å². The summed E-state index contributed by atoms with van der Waals surface area (Å²) in [6.45, 7) is 5.14. The van der Waals surface area contributed by atoms with Crippen LogP contribution >= 0.6 is 0 Å². The molecule has 0 aromatic heterocycles. The lowest BCUT2D eigenvalue weighted by molar-refractivity contribution is 0.0910. The number of Topliss-reactive ketones (excluding diaryl/α,β-unsaturated/α-hetero) is 2. The van der Waals surface area contributed by atoms with Gasteiger partial charge < -0.3 is 108 Å². The van der Waals surface area contributed by atoms with Crippen molar-refractivity contribution >= 4 is 11.6 Å². The average molecular weight is 1810 g/mol. The number of para-hydroxylation sites is 13. The second-order valence-electron chi connectivity index (χ2n) is 30.7. The van der Waals surface area contributed by atoms with Crippen LogP contribution in [0.25, 0.3) is 0 Å². The standard InChI is InChI=1S/C17H18O3.C17H18O2.C15H16O4.C15H14O4.C15H16O4.C15H14O4.C15H16O3/c1-19-13-5-4-6-14(11-13)20-12-17(9-10-17)15-7-2-3-8-16(15)18;1-13-6-2-5-9-16(13)19-12-17(10-11-17)14-7-3-4-8-15(14)18;2*1-18-11-5-4-6-12(9-11)19-10-15(17)13-7-2-3-8-14(13)16;2*1-18-14-8-4-5-9-15(14)19-10-13(17)11-6-2-3-7-12(11)16;1-11-6-2-5-9-15(11)18-10-14(17)12-7-3-4-8-13(12)16/h2-8,11,18H,9-10,12H2,1H3;2-9,18H,10-12H2,1H3;2-9,15-17H,10H2,1H3;2-9,16H,10H2,1H3;2-9,13,16-17H,10H2,1H3;2-9,16H,10H2,1H3;2-9,14,16-17H,10H2,1H3. The minimum absolute atomic E-state index is 0.00756. The first-order valence-electron chi connectivity index (χ1n) is 42.7. The summed E-state index contributed by atoms with van der Waals surface area (Å²) in [6, 6.07) is 99.6. The number of carbonyl (C=O) groups excluding carboxylic acids is 2. The van der Waals surface area contributed by atoms with Crippen LogP contribution in [0.15, 0.2) is 340 Å². The lowest BCUT2D eigenvalue weighted by Gasteiger charge is -2.18. The quantitative estimate of drug-likeness (QED) is 0.0171. The molecule has 0 radical (unpaired) electrons. The Bertz CT molecular complexity index is 5970. The molecule has 24 heteroatoms. The number of aryl methyl sites for hydroxylation is 2. The van der Waals surface area contributed by atoms with Gasteiger partial charge in [-0.15, -0.1) is 0 Å². The summed E-state index contributed by atoms with van der Waals surface area (Å²) in [6.07, 6.45) is 1.64.